The average Bonchev–Trinajstić information content (AvgIpc) is 3.31. The van der Waals surface area contributed by atoms with E-state index in [0.717, 1.165) is 31.9 Å². The highest BCUT2D eigenvalue weighted by molar-refractivity contribution is 8.00. The number of rotatable bonds is 5. The van der Waals surface area contributed by atoms with Crippen molar-refractivity contribution < 1.29 is 0 Å². The molecule has 126 valence electrons. The molecule has 0 spiro atoms. The molecule has 0 atom stereocenters. The first kappa shape index (κ1) is 17.0. The van der Waals surface area contributed by atoms with E-state index >= 15 is 0 Å². The molecule has 2 heterocycles. The van der Waals surface area contributed by atoms with E-state index in [4.69, 9.17) is 0 Å². The molecule has 4 rings (SSSR count). The molecule has 2 aromatic carbocycles. The number of fused-ring (bicyclic) bond motifs is 1. The molecule has 26 heavy (non-hydrogen) atoms. The minimum absolute atomic E-state index is 0.595. The van der Waals surface area contributed by atoms with Crippen molar-refractivity contribution in [2.45, 2.75) is 10.1 Å². The van der Waals surface area contributed by atoms with Gasteiger partial charge in [0.25, 0.3) is 0 Å². The van der Waals surface area contributed by atoms with Crippen LogP contribution < -0.4 is 0 Å². The van der Waals surface area contributed by atoms with Crippen LogP contribution in [0.5, 0.6) is 0 Å². The third kappa shape index (κ3) is 3.86. The molecule has 0 radical (unpaired) electrons. The summed E-state index contributed by atoms with van der Waals surface area (Å²) in [5, 5.41) is 12.3. The monoisotopic (exact) mass is 391 g/mol. The Balaban J connectivity index is 1.49. The summed E-state index contributed by atoms with van der Waals surface area (Å²) >= 11 is 4.89. The van der Waals surface area contributed by atoms with Crippen molar-refractivity contribution in [3.8, 4) is 6.07 Å². The van der Waals surface area contributed by atoms with Crippen LogP contribution in [0.3, 0.4) is 0 Å². The molecule has 0 aliphatic carbocycles. The van der Waals surface area contributed by atoms with E-state index in [-0.39, 0.29) is 0 Å². The van der Waals surface area contributed by atoms with Gasteiger partial charge in [0.2, 0.25) is 0 Å². The Labute approximate surface area is 163 Å². The maximum atomic E-state index is 9.47. The molecule has 0 fully saturated rings. The van der Waals surface area contributed by atoms with Crippen LogP contribution in [0.15, 0.2) is 64.3 Å². The highest BCUT2D eigenvalue weighted by atomic mass is 32.2. The van der Waals surface area contributed by atoms with Crippen molar-refractivity contribution in [3.63, 3.8) is 0 Å². The minimum atomic E-state index is 0.595. The van der Waals surface area contributed by atoms with Gasteiger partial charge >= 0.3 is 0 Å². The number of hydrogen-bond acceptors (Lipinski definition) is 6. The third-order valence-corrected chi connectivity index (χ3v) is 6.77. The zero-order valence-electron chi connectivity index (χ0n) is 13.6. The van der Waals surface area contributed by atoms with Gasteiger partial charge in [0.1, 0.15) is 11.1 Å². The quantitative estimate of drug-likeness (QED) is 0.304. The van der Waals surface area contributed by atoms with Crippen molar-refractivity contribution in [1.82, 2.24) is 9.97 Å². The normalized spacial score (nSPS) is 11.6. The first-order valence-corrected chi connectivity index (χ1v) is 10.6. The van der Waals surface area contributed by atoms with Gasteiger partial charge in [-0.3, -0.25) is 0 Å². The molecule has 4 aromatic rings. The second-order valence-electron chi connectivity index (χ2n) is 5.46. The van der Waals surface area contributed by atoms with E-state index in [0.29, 0.717) is 5.57 Å². The van der Waals surface area contributed by atoms with Crippen LogP contribution >= 0.6 is 34.4 Å². The summed E-state index contributed by atoms with van der Waals surface area (Å²) in [4.78, 5) is 9.27. The summed E-state index contributed by atoms with van der Waals surface area (Å²) in [6.45, 7) is 0. The van der Waals surface area contributed by atoms with Crippen molar-refractivity contribution in [2.24, 2.45) is 0 Å². The lowest BCUT2D eigenvalue weighted by atomic mass is 10.1. The average molecular weight is 392 g/mol. The van der Waals surface area contributed by atoms with Gasteiger partial charge < -0.3 is 0 Å². The number of benzene rings is 2. The summed E-state index contributed by atoms with van der Waals surface area (Å²) in [5.74, 6) is 0.750. The minimum Gasteiger partial charge on any atom is -0.239 e. The van der Waals surface area contributed by atoms with Gasteiger partial charge in [0.05, 0.1) is 21.5 Å². The number of allylic oxidation sites excluding steroid dienone is 1. The second kappa shape index (κ2) is 7.83. The Morgan fingerprint density at radius 3 is 2.69 bits per heavy atom. The fraction of sp³-hybridized carbons (Fsp3) is 0.0500. The highest BCUT2D eigenvalue weighted by Gasteiger charge is 2.10. The van der Waals surface area contributed by atoms with E-state index in [1.54, 1.807) is 23.1 Å². The summed E-state index contributed by atoms with van der Waals surface area (Å²) < 4.78 is 2.24. The van der Waals surface area contributed by atoms with Gasteiger partial charge in [-0.05, 0) is 23.8 Å². The van der Waals surface area contributed by atoms with Gasteiger partial charge in [0.15, 0.2) is 4.34 Å². The molecular formula is C20H13N3S3. The number of thioether (sulfide) groups is 1. The maximum absolute atomic E-state index is 9.47. The van der Waals surface area contributed by atoms with Gasteiger partial charge in [-0.2, -0.15) is 5.26 Å². The highest BCUT2D eigenvalue weighted by Crippen LogP contribution is 2.32. The van der Waals surface area contributed by atoms with Crippen molar-refractivity contribution in [3.05, 3.63) is 76.2 Å². The van der Waals surface area contributed by atoms with E-state index < -0.39 is 0 Å². The molecule has 0 amide bonds. The van der Waals surface area contributed by atoms with Gasteiger partial charge in [0, 0.05) is 11.1 Å². The van der Waals surface area contributed by atoms with Crippen molar-refractivity contribution in [2.75, 3.05) is 0 Å². The zero-order valence-corrected chi connectivity index (χ0v) is 16.1. The van der Waals surface area contributed by atoms with Crippen LogP contribution in [0.4, 0.5) is 0 Å². The summed E-state index contributed by atoms with van der Waals surface area (Å²) in [6.07, 6.45) is 1.88. The lowest BCUT2D eigenvalue weighted by Gasteiger charge is -1.95. The largest absolute Gasteiger partial charge is 0.239 e. The fourth-order valence-corrected chi connectivity index (χ4v) is 5.25. The number of hydrogen-bond donors (Lipinski definition) is 0. The zero-order chi connectivity index (χ0) is 17.8. The first-order valence-electron chi connectivity index (χ1n) is 7.92. The molecule has 0 bridgehead atoms. The number of aromatic nitrogens is 2. The van der Waals surface area contributed by atoms with E-state index in [1.165, 1.54) is 16.0 Å². The molecule has 0 aliphatic heterocycles. The Kier molecular flexibility index (Phi) is 5.12. The Hall–Kier alpha value is -2.46. The van der Waals surface area contributed by atoms with Gasteiger partial charge in [-0.15, -0.1) is 22.7 Å². The number of nitrogens with zero attached hydrogens (tertiary/aromatic N) is 3. The SMILES string of the molecule is N#C/C(=C\c1ccccc1)c1nc(CSc2nc3ccccc3s2)cs1. The second-order valence-corrected chi connectivity index (χ2v) is 8.57. The van der Waals surface area contributed by atoms with Crippen LogP contribution in [0, 0.1) is 11.3 Å². The number of nitriles is 1. The predicted molar refractivity (Wildman–Crippen MR) is 111 cm³/mol. The molecule has 3 nitrogen and oxygen atoms in total. The van der Waals surface area contributed by atoms with Crippen LogP contribution in [0.25, 0.3) is 21.9 Å². The molecule has 0 saturated carbocycles. The summed E-state index contributed by atoms with van der Waals surface area (Å²) in [7, 11) is 0. The summed E-state index contributed by atoms with van der Waals surface area (Å²) in [5.41, 5.74) is 3.61. The lowest BCUT2D eigenvalue weighted by molar-refractivity contribution is 1.21. The fourth-order valence-electron chi connectivity index (χ4n) is 2.40. The Morgan fingerprint density at radius 1 is 1.08 bits per heavy atom. The predicted octanol–water partition coefficient (Wildman–Crippen LogP) is 6.11. The first-order chi connectivity index (χ1) is 12.8. The van der Waals surface area contributed by atoms with Gasteiger partial charge in [-0.1, -0.05) is 54.2 Å². The smallest absolute Gasteiger partial charge is 0.151 e. The van der Waals surface area contributed by atoms with Crippen molar-refractivity contribution in [1.29, 1.82) is 5.26 Å². The molecule has 0 unspecified atom stereocenters. The molecule has 0 N–H and O–H groups in total. The van der Waals surface area contributed by atoms with Crippen LogP contribution in [0.1, 0.15) is 16.3 Å². The molecular weight excluding hydrogens is 378 g/mol. The number of para-hydroxylation sites is 1. The van der Waals surface area contributed by atoms with E-state index in [9.17, 15) is 5.26 Å². The Morgan fingerprint density at radius 2 is 1.88 bits per heavy atom. The van der Waals surface area contributed by atoms with Crippen LogP contribution in [-0.2, 0) is 5.75 Å². The number of thiazole rings is 2. The lowest BCUT2D eigenvalue weighted by Crippen LogP contribution is -1.84. The van der Waals surface area contributed by atoms with Crippen molar-refractivity contribution >= 4 is 56.3 Å². The van der Waals surface area contributed by atoms with E-state index in [2.05, 4.69) is 22.1 Å². The molecule has 2 aromatic heterocycles. The molecule has 0 aliphatic rings. The third-order valence-electron chi connectivity index (χ3n) is 3.63. The van der Waals surface area contributed by atoms with E-state index in [1.807, 2.05) is 60.0 Å². The summed E-state index contributed by atoms with van der Waals surface area (Å²) in [6, 6.07) is 20.3. The maximum Gasteiger partial charge on any atom is 0.151 e. The van der Waals surface area contributed by atoms with Gasteiger partial charge in [-0.25, -0.2) is 9.97 Å². The molecule has 0 saturated heterocycles. The van der Waals surface area contributed by atoms with Crippen LogP contribution in [-0.4, -0.2) is 9.97 Å². The standard InChI is InChI=1S/C20H13N3S3/c21-11-15(10-14-6-2-1-3-7-14)19-22-16(12-24-19)13-25-20-23-17-8-4-5-9-18(17)26-20/h1-10,12H,13H2/b15-10+. The Bertz CT molecular complexity index is 1070. The molecule has 6 heteroatoms. The topological polar surface area (TPSA) is 49.6 Å². The van der Waals surface area contributed by atoms with Crippen LogP contribution in [0.2, 0.25) is 0 Å².